The molecule has 0 aromatic heterocycles. The van der Waals surface area contributed by atoms with Gasteiger partial charge in [-0.1, -0.05) is 0 Å². The third kappa shape index (κ3) is 3.67. The van der Waals surface area contributed by atoms with Crippen molar-refractivity contribution in [1.82, 2.24) is 0 Å². The number of aromatic carboxylic acids is 2. The number of carboxylic acids is 2. The molecule has 3 aromatic carbocycles. The molecule has 0 aliphatic heterocycles. The smallest absolute Gasteiger partial charge is 0.337 e. The van der Waals surface area contributed by atoms with E-state index in [0.29, 0.717) is 22.7 Å². The molecule has 0 fully saturated rings. The van der Waals surface area contributed by atoms with Gasteiger partial charge in [0.05, 0.1) is 16.8 Å². The second kappa shape index (κ2) is 7.09. The summed E-state index contributed by atoms with van der Waals surface area (Å²) in [5.74, 6) is -2.32. The van der Waals surface area contributed by atoms with Crippen molar-refractivity contribution in [2.75, 3.05) is 16.4 Å². The van der Waals surface area contributed by atoms with Gasteiger partial charge in [-0.2, -0.15) is 0 Å². The summed E-state index contributed by atoms with van der Waals surface area (Å²) in [6.45, 7) is 0. The van der Waals surface area contributed by atoms with Gasteiger partial charge < -0.3 is 26.6 Å². The molecule has 3 aromatic rings. The van der Waals surface area contributed by atoms with E-state index >= 15 is 0 Å². The number of nitrogens with zero attached hydrogens (tertiary/aromatic N) is 1. The Bertz CT molecular complexity index is 953. The zero-order chi connectivity index (χ0) is 19.6. The number of nitrogen functional groups attached to an aromatic ring is 2. The van der Waals surface area contributed by atoms with Crippen molar-refractivity contribution in [2.24, 2.45) is 0 Å². The molecule has 0 amide bonds. The van der Waals surface area contributed by atoms with Crippen LogP contribution in [0.15, 0.2) is 66.7 Å². The van der Waals surface area contributed by atoms with E-state index in [4.69, 9.17) is 11.5 Å². The first kappa shape index (κ1) is 17.8. The first-order valence-electron chi connectivity index (χ1n) is 7.98. The van der Waals surface area contributed by atoms with Gasteiger partial charge in [0.1, 0.15) is 0 Å². The standard InChI is InChI=1S/C20H17N3O4/c21-13-2-6-15(7-3-13)23(16-8-4-14(22)5-9-16)18-11-12(19(24)25)1-10-17(18)20(26)27/h1-11H,21-22H2,(H,24,25)(H,26,27). The minimum atomic E-state index is -1.17. The van der Waals surface area contributed by atoms with E-state index in [2.05, 4.69) is 0 Å². The van der Waals surface area contributed by atoms with Crippen LogP contribution in [0.25, 0.3) is 0 Å². The van der Waals surface area contributed by atoms with E-state index in [0.717, 1.165) is 0 Å². The van der Waals surface area contributed by atoms with Crippen LogP contribution in [0.4, 0.5) is 28.4 Å². The number of carbonyl (C=O) groups is 2. The molecule has 0 saturated heterocycles. The number of hydrogen-bond acceptors (Lipinski definition) is 5. The molecular formula is C20H17N3O4. The molecule has 0 heterocycles. The van der Waals surface area contributed by atoms with Crippen molar-refractivity contribution >= 4 is 40.4 Å². The number of hydrogen-bond donors (Lipinski definition) is 4. The molecule has 0 atom stereocenters. The van der Waals surface area contributed by atoms with Crippen molar-refractivity contribution in [2.45, 2.75) is 0 Å². The summed E-state index contributed by atoms with van der Waals surface area (Å²) in [5, 5.41) is 18.9. The second-order valence-corrected chi connectivity index (χ2v) is 5.86. The van der Waals surface area contributed by atoms with Gasteiger partial charge in [-0.15, -0.1) is 0 Å². The zero-order valence-electron chi connectivity index (χ0n) is 14.2. The van der Waals surface area contributed by atoms with E-state index in [1.54, 1.807) is 53.4 Å². The van der Waals surface area contributed by atoms with Crippen LogP contribution in [-0.2, 0) is 0 Å². The average Bonchev–Trinajstić information content (AvgIpc) is 2.64. The molecule has 6 N–H and O–H groups in total. The van der Waals surface area contributed by atoms with Gasteiger partial charge >= 0.3 is 11.9 Å². The molecule has 0 saturated carbocycles. The number of carboxylic acid groups (broad SMARTS) is 2. The van der Waals surface area contributed by atoms with Gasteiger partial charge in [-0.25, -0.2) is 9.59 Å². The summed E-state index contributed by atoms with van der Waals surface area (Å²) in [4.78, 5) is 24.8. The monoisotopic (exact) mass is 363 g/mol. The topological polar surface area (TPSA) is 130 Å². The first-order valence-corrected chi connectivity index (χ1v) is 7.98. The van der Waals surface area contributed by atoms with Crippen molar-refractivity contribution in [3.63, 3.8) is 0 Å². The average molecular weight is 363 g/mol. The molecular weight excluding hydrogens is 346 g/mol. The van der Waals surface area contributed by atoms with Crippen LogP contribution in [0.3, 0.4) is 0 Å². The fourth-order valence-electron chi connectivity index (χ4n) is 2.70. The number of benzene rings is 3. The van der Waals surface area contributed by atoms with Crippen molar-refractivity contribution < 1.29 is 19.8 Å². The molecule has 0 aliphatic carbocycles. The quantitative estimate of drug-likeness (QED) is 0.508. The highest BCUT2D eigenvalue weighted by molar-refractivity contribution is 6.00. The molecule has 7 nitrogen and oxygen atoms in total. The van der Waals surface area contributed by atoms with Gasteiger partial charge in [-0.05, 0) is 66.7 Å². The Morgan fingerprint density at radius 1 is 0.704 bits per heavy atom. The van der Waals surface area contributed by atoms with E-state index in [9.17, 15) is 19.8 Å². The Labute approximate surface area is 155 Å². The van der Waals surface area contributed by atoms with Gasteiger partial charge in [-0.3, -0.25) is 0 Å². The van der Waals surface area contributed by atoms with Crippen LogP contribution in [-0.4, -0.2) is 22.2 Å². The Morgan fingerprint density at radius 2 is 1.19 bits per heavy atom. The van der Waals surface area contributed by atoms with Crippen LogP contribution >= 0.6 is 0 Å². The maximum Gasteiger partial charge on any atom is 0.337 e. The molecule has 3 rings (SSSR count). The lowest BCUT2D eigenvalue weighted by Crippen LogP contribution is -2.15. The fourth-order valence-corrected chi connectivity index (χ4v) is 2.70. The highest BCUT2D eigenvalue weighted by Gasteiger charge is 2.21. The Morgan fingerprint density at radius 3 is 1.59 bits per heavy atom. The van der Waals surface area contributed by atoms with Crippen LogP contribution in [0.5, 0.6) is 0 Å². The summed E-state index contributed by atoms with van der Waals surface area (Å²) in [6.07, 6.45) is 0. The lowest BCUT2D eigenvalue weighted by atomic mass is 10.1. The maximum atomic E-state index is 11.8. The molecule has 27 heavy (non-hydrogen) atoms. The lowest BCUT2D eigenvalue weighted by Gasteiger charge is -2.27. The Kier molecular flexibility index (Phi) is 4.68. The normalized spacial score (nSPS) is 10.4. The third-order valence-electron chi connectivity index (χ3n) is 4.02. The van der Waals surface area contributed by atoms with E-state index in [1.807, 2.05) is 0 Å². The van der Waals surface area contributed by atoms with Gasteiger partial charge in [0, 0.05) is 22.7 Å². The molecule has 136 valence electrons. The Hall–Kier alpha value is -4.00. The van der Waals surface area contributed by atoms with E-state index < -0.39 is 11.9 Å². The highest BCUT2D eigenvalue weighted by Crippen LogP contribution is 2.37. The van der Waals surface area contributed by atoms with Crippen molar-refractivity contribution in [3.05, 3.63) is 77.9 Å². The lowest BCUT2D eigenvalue weighted by molar-refractivity contribution is 0.0682. The van der Waals surface area contributed by atoms with Crippen LogP contribution in [0.1, 0.15) is 20.7 Å². The largest absolute Gasteiger partial charge is 0.478 e. The minimum absolute atomic E-state index is 0.0223. The molecule has 0 aliphatic rings. The SMILES string of the molecule is Nc1ccc(N(c2ccc(N)cc2)c2cc(C(=O)O)ccc2C(=O)O)cc1. The van der Waals surface area contributed by atoms with Crippen LogP contribution < -0.4 is 16.4 Å². The molecule has 0 bridgehead atoms. The Balaban J connectivity index is 2.28. The molecule has 0 spiro atoms. The number of rotatable bonds is 5. The van der Waals surface area contributed by atoms with Gasteiger partial charge in [0.2, 0.25) is 0 Å². The zero-order valence-corrected chi connectivity index (χ0v) is 14.2. The summed E-state index contributed by atoms with van der Waals surface area (Å²) >= 11 is 0. The fraction of sp³-hybridized carbons (Fsp3) is 0. The molecule has 0 unspecified atom stereocenters. The third-order valence-corrected chi connectivity index (χ3v) is 4.02. The van der Waals surface area contributed by atoms with Gasteiger partial charge in [0.25, 0.3) is 0 Å². The maximum absolute atomic E-state index is 11.8. The minimum Gasteiger partial charge on any atom is -0.478 e. The van der Waals surface area contributed by atoms with E-state index in [-0.39, 0.29) is 16.8 Å². The molecule has 7 heteroatoms. The van der Waals surface area contributed by atoms with Crippen LogP contribution in [0, 0.1) is 0 Å². The predicted octanol–water partition coefficient (Wildman–Crippen LogP) is 3.72. The summed E-state index contributed by atoms with van der Waals surface area (Å²) in [5.41, 5.74) is 14.0. The second-order valence-electron chi connectivity index (χ2n) is 5.86. The number of nitrogens with two attached hydrogens (primary N) is 2. The van der Waals surface area contributed by atoms with Crippen molar-refractivity contribution in [3.8, 4) is 0 Å². The van der Waals surface area contributed by atoms with Crippen molar-refractivity contribution in [1.29, 1.82) is 0 Å². The first-order chi connectivity index (χ1) is 12.9. The summed E-state index contributed by atoms with van der Waals surface area (Å²) in [6, 6.07) is 17.5. The van der Waals surface area contributed by atoms with Gasteiger partial charge in [0.15, 0.2) is 0 Å². The molecule has 0 radical (unpaired) electrons. The summed E-state index contributed by atoms with van der Waals surface area (Å²) in [7, 11) is 0. The van der Waals surface area contributed by atoms with E-state index in [1.165, 1.54) is 18.2 Å². The summed E-state index contributed by atoms with van der Waals surface area (Å²) < 4.78 is 0. The predicted molar refractivity (Wildman–Crippen MR) is 104 cm³/mol. The number of anilines is 5. The van der Waals surface area contributed by atoms with Crippen LogP contribution in [0.2, 0.25) is 0 Å². The highest BCUT2D eigenvalue weighted by atomic mass is 16.4.